The molecule has 1 atom stereocenters. The van der Waals surface area contributed by atoms with Gasteiger partial charge in [-0.1, -0.05) is 6.07 Å². The molecule has 1 saturated heterocycles. The van der Waals surface area contributed by atoms with Crippen molar-refractivity contribution in [2.75, 3.05) is 30.5 Å². The van der Waals surface area contributed by atoms with Crippen molar-refractivity contribution >= 4 is 21.8 Å². The van der Waals surface area contributed by atoms with Crippen LogP contribution in [-0.4, -0.2) is 49.9 Å². The molecule has 0 unspecified atom stereocenters. The van der Waals surface area contributed by atoms with Gasteiger partial charge in [0.1, 0.15) is 5.75 Å². The van der Waals surface area contributed by atoms with E-state index in [9.17, 15) is 13.2 Å². The molecule has 0 aliphatic carbocycles. The standard InChI is InChI=1S/C22H30N4O4S/c1-3-26(20-9-11-21(12-10-20)30-4-2)31(28,29)25-14-6-8-19(17-25)22(27)24-16-18-7-5-13-23-15-18/h5,7,9-13,15,19H,3-4,6,8,14,16-17H2,1-2H3,(H,24,27)/t19-/m1/s1. The topological polar surface area (TPSA) is 91.8 Å². The van der Waals surface area contributed by atoms with Crippen molar-refractivity contribution in [2.24, 2.45) is 5.92 Å². The van der Waals surface area contributed by atoms with Crippen molar-refractivity contribution in [1.82, 2.24) is 14.6 Å². The minimum atomic E-state index is -3.75. The first kappa shape index (κ1) is 23.0. The lowest BCUT2D eigenvalue weighted by Gasteiger charge is -2.35. The lowest BCUT2D eigenvalue weighted by atomic mass is 9.99. The van der Waals surface area contributed by atoms with Crippen LogP contribution in [-0.2, 0) is 21.5 Å². The van der Waals surface area contributed by atoms with Gasteiger partial charge in [0, 0.05) is 38.6 Å². The molecule has 2 aromatic rings. The van der Waals surface area contributed by atoms with Crippen molar-refractivity contribution in [1.29, 1.82) is 0 Å². The molecule has 168 valence electrons. The van der Waals surface area contributed by atoms with E-state index >= 15 is 0 Å². The zero-order chi connectivity index (χ0) is 22.3. The number of hydrogen-bond donors (Lipinski definition) is 1. The van der Waals surface area contributed by atoms with Crippen molar-refractivity contribution in [3.05, 3.63) is 54.4 Å². The summed E-state index contributed by atoms with van der Waals surface area (Å²) >= 11 is 0. The van der Waals surface area contributed by atoms with Crippen molar-refractivity contribution < 1.29 is 17.9 Å². The van der Waals surface area contributed by atoms with Gasteiger partial charge in [0.15, 0.2) is 0 Å². The van der Waals surface area contributed by atoms with E-state index in [-0.39, 0.29) is 18.4 Å². The molecule has 0 radical (unpaired) electrons. The first-order chi connectivity index (χ1) is 15.0. The molecule has 1 amide bonds. The third kappa shape index (κ3) is 5.74. The first-order valence-corrected chi connectivity index (χ1v) is 12.0. The smallest absolute Gasteiger partial charge is 0.304 e. The van der Waals surface area contributed by atoms with Crippen LogP contribution >= 0.6 is 0 Å². The Bertz CT molecular complexity index is 951. The van der Waals surface area contributed by atoms with Crippen LogP contribution in [0.15, 0.2) is 48.8 Å². The fraction of sp³-hybridized carbons (Fsp3) is 0.455. The number of carbonyl (C=O) groups is 1. The van der Waals surface area contributed by atoms with Crippen LogP contribution in [0.3, 0.4) is 0 Å². The highest BCUT2D eigenvalue weighted by atomic mass is 32.2. The summed E-state index contributed by atoms with van der Waals surface area (Å²) in [5, 5.41) is 2.91. The molecule has 0 spiro atoms. The lowest BCUT2D eigenvalue weighted by molar-refractivity contribution is -0.126. The van der Waals surface area contributed by atoms with Crippen LogP contribution in [0.25, 0.3) is 0 Å². The predicted molar refractivity (Wildman–Crippen MR) is 120 cm³/mol. The fourth-order valence-electron chi connectivity index (χ4n) is 3.70. The highest BCUT2D eigenvalue weighted by Gasteiger charge is 2.35. The molecule has 31 heavy (non-hydrogen) atoms. The SMILES string of the molecule is CCOc1ccc(N(CC)S(=O)(=O)N2CCC[C@@H](C(=O)NCc3cccnc3)C2)cc1. The second-order valence-electron chi connectivity index (χ2n) is 7.38. The Balaban J connectivity index is 1.67. The van der Waals surface area contributed by atoms with Gasteiger partial charge in [-0.05, 0) is 62.6 Å². The van der Waals surface area contributed by atoms with Gasteiger partial charge in [-0.25, -0.2) is 0 Å². The summed E-state index contributed by atoms with van der Waals surface area (Å²) in [6.45, 7) is 5.50. The molecule has 2 heterocycles. The van der Waals surface area contributed by atoms with Gasteiger partial charge >= 0.3 is 10.2 Å². The van der Waals surface area contributed by atoms with Crippen LogP contribution in [0.4, 0.5) is 5.69 Å². The van der Waals surface area contributed by atoms with Gasteiger partial charge in [-0.15, -0.1) is 0 Å². The normalized spacial score (nSPS) is 17.2. The lowest BCUT2D eigenvalue weighted by Crippen LogP contribution is -2.50. The van der Waals surface area contributed by atoms with E-state index in [1.807, 2.05) is 19.1 Å². The summed E-state index contributed by atoms with van der Waals surface area (Å²) < 4.78 is 35.0. The Hall–Kier alpha value is -2.65. The molecular formula is C22H30N4O4S. The summed E-state index contributed by atoms with van der Waals surface area (Å²) in [5.74, 6) is 0.190. The zero-order valence-corrected chi connectivity index (χ0v) is 18.8. The second-order valence-corrected chi connectivity index (χ2v) is 9.23. The summed E-state index contributed by atoms with van der Waals surface area (Å²) in [4.78, 5) is 16.7. The van der Waals surface area contributed by atoms with E-state index in [1.54, 1.807) is 43.6 Å². The number of pyridine rings is 1. The molecule has 0 saturated carbocycles. The summed E-state index contributed by atoms with van der Waals surface area (Å²) in [5.41, 5.74) is 1.48. The monoisotopic (exact) mass is 446 g/mol. The number of aromatic nitrogens is 1. The molecule has 1 aromatic carbocycles. The van der Waals surface area contributed by atoms with Gasteiger partial charge in [0.2, 0.25) is 5.91 Å². The van der Waals surface area contributed by atoms with Gasteiger partial charge in [0.05, 0.1) is 18.2 Å². The molecule has 1 fully saturated rings. The molecule has 1 N–H and O–H groups in total. The third-order valence-electron chi connectivity index (χ3n) is 5.27. The average Bonchev–Trinajstić information content (AvgIpc) is 2.80. The summed E-state index contributed by atoms with van der Waals surface area (Å²) in [6.07, 6.45) is 4.69. The Morgan fingerprint density at radius 2 is 2.03 bits per heavy atom. The van der Waals surface area contributed by atoms with Crippen LogP contribution in [0, 0.1) is 5.92 Å². The fourth-order valence-corrected chi connectivity index (χ4v) is 5.42. The quantitative estimate of drug-likeness (QED) is 0.639. The Morgan fingerprint density at radius 3 is 2.68 bits per heavy atom. The highest BCUT2D eigenvalue weighted by molar-refractivity contribution is 7.90. The number of rotatable bonds is 9. The minimum Gasteiger partial charge on any atom is -0.494 e. The van der Waals surface area contributed by atoms with Crippen molar-refractivity contribution in [2.45, 2.75) is 33.2 Å². The maximum Gasteiger partial charge on any atom is 0.304 e. The maximum atomic E-state index is 13.4. The van der Waals surface area contributed by atoms with Crippen LogP contribution in [0.5, 0.6) is 5.75 Å². The van der Waals surface area contributed by atoms with Crippen LogP contribution in [0.1, 0.15) is 32.3 Å². The largest absolute Gasteiger partial charge is 0.494 e. The number of nitrogens with zero attached hydrogens (tertiary/aromatic N) is 3. The predicted octanol–water partition coefficient (Wildman–Crippen LogP) is 2.58. The molecule has 1 aliphatic rings. The molecule has 1 aromatic heterocycles. The number of piperidine rings is 1. The van der Waals surface area contributed by atoms with Crippen molar-refractivity contribution in [3.8, 4) is 5.75 Å². The molecule has 9 heteroatoms. The first-order valence-electron chi connectivity index (χ1n) is 10.6. The third-order valence-corrected chi connectivity index (χ3v) is 7.28. The number of anilines is 1. The second kappa shape index (κ2) is 10.6. The molecule has 1 aliphatic heterocycles. The van der Waals surface area contributed by atoms with E-state index in [0.29, 0.717) is 50.5 Å². The van der Waals surface area contributed by atoms with E-state index < -0.39 is 10.2 Å². The van der Waals surface area contributed by atoms with E-state index in [0.717, 1.165) is 5.56 Å². The average molecular weight is 447 g/mol. The Morgan fingerprint density at radius 1 is 1.26 bits per heavy atom. The van der Waals surface area contributed by atoms with Gasteiger partial charge < -0.3 is 10.1 Å². The van der Waals surface area contributed by atoms with Gasteiger partial charge in [-0.3, -0.25) is 14.1 Å². The van der Waals surface area contributed by atoms with Gasteiger partial charge in [0.25, 0.3) is 0 Å². The van der Waals surface area contributed by atoms with E-state index in [4.69, 9.17) is 4.74 Å². The summed E-state index contributed by atoms with van der Waals surface area (Å²) in [6, 6.07) is 10.7. The van der Waals surface area contributed by atoms with Crippen LogP contribution in [0.2, 0.25) is 0 Å². The van der Waals surface area contributed by atoms with Crippen LogP contribution < -0.4 is 14.4 Å². The number of hydrogen-bond acceptors (Lipinski definition) is 5. The molecule has 0 bridgehead atoms. The number of carbonyl (C=O) groups excluding carboxylic acids is 1. The van der Waals surface area contributed by atoms with Crippen molar-refractivity contribution in [3.63, 3.8) is 0 Å². The summed E-state index contributed by atoms with van der Waals surface area (Å²) in [7, 11) is -3.75. The van der Waals surface area contributed by atoms with E-state index in [1.165, 1.54) is 8.61 Å². The Labute approximate surface area is 184 Å². The zero-order valence-electron chi connectivity index (χ0n) is 18.0. The minimum absolute atomic E-state index is 0.132. The number of benzene rings is 1. The number of nitrogens with one attached hydrogen (secondary N) is 1. The number of ether oxygens (including phenoxy) is 1. The molecule has 8 nitrogen and oxygen atoms in total. The highest BCUT2D eigenvalue weighted by Crippen LogP contribution is 2.27. The molecular weight excluding hydrogens is 416 g/mol. The van der Waals surface area contributed by atoms with Gasteiger partial charge in [-0.2, -0.15) is 12.7 Å². The Kier molecular flexibility index (Phi) is 7.86. The molecule has 3 rings (SSSR count). The maximum absolute atomic E-state index is 13.4. The van der Waals surface area contributed by atoms with E-state index in [2.05, 4.69) is 10.3 Å². The number of amides is 1.